The number of halogens is 1. The number of hydrogen-bond acceptors (Lipinski definition) is 9. The van der Waals surface area contributed by atoms with Gasteiger partial charge in [0.15, 0.2) is 0 Å². The Morgan fingerprint density at radius 3 is 2.19 bits per heavy atom. The van der Waals surface area contributed by atoms with E-state index < -0.39 is 59.0 Å². The first-order valence-corrected chi connectivity index (χ1v) is 18.9. The average molecular weight is 751 g/mol. The van der Waals surface area contributed by atoms with Gasteiger partial charge in [-0.1, -0.05) is 70.9 Å². The molecule has 286 valence electrons. The number of Topliss-reactive ketones (excluding diaryl/α,β-unsaturated/α-hetero) is 1. The molecule has 15 heteroatoms. The molecule has 5 N–H and O–H groups in total. The van der Waals surface area contributed by atoms with Gasteiger partial charge in [-0.25, -0.2) is 4.98 Å². The second kappa shape index (κ2) is 17.5. The van der Waals surface area contributed by atoms with Crippen molar-refractivity contribution in [2.75, 3.05) is 24.5 Å². The summed E-state index contributed by atoms with van der Waals surface area (Å²) in [5.41, 5.74) is 5.39. The second-order valence-corrected chi connectivity index (χ2v) is 16.0. The number of nitrogens with one attached hydrogen (secondary N) is 3. The lowest BCUT2D eigenvalue weighted by Gasteiger charge is -2.44. The van der Waals surface area contributed by atoms with Crippen molar-refractivity contribution in [3.8, 4) is 0 Å². The van der Waals surface area contributed by atoms with E-state index in [0.717, 1.165) is 51.4 Å². The van der Waals surface area contributed by atoms with E-state index >= 15 is 0 Å². The predicted molar refractivity (Wildman–Crippen MR) is 199 cm³/mol. The van der Waals surface area contributed by atoms with Crippen LogP contribution in [0.4, 0.5) is 5.69 Å². The van der Waals surface area contributed by atoms with E-state index in [0.29, 0.717) is 17.1 Å². The number of piperazine rings is 1. The van der Waals surface area contributed by atoms with Crippen molar-refractivity contribution in [3.63, 3.8) is 0 Å². The normalized spacial score (nSPS) is 20.0. The third kappa shape index (κ3) is 10.1. The van der Waals surface area contributed by atoms with Crippen LogP contribution in [0.5, 0.6) is 0 Å². The number of primary amides is 1. The van der Waals surface area contributed by atoms with Gasteiger partial charge in [0.1, 0.15) is 23.8 Å². The number of nitrogens with two attached hydrogens (primary N) is 1. The van der Waals surface area contributed by atoms with Crippen LogP contribution in [0.1, 0.15) is 89.0 Å². The fourth-order valence-electron chi connectivity index (χ4n) is 7.44. The van der Waals surface area contributed by atoms with Crippen molar-refractivity contribution < 1.29 is 28.8 Å². The van der Waals surface area contributed by atoms with Gasteiger partial charge in [-0.2, -0.15) is 0 Å². The molecular weight excluding hydrogens is 700 g/mol. The molecule has 1 unspecified atom stereocenters. The number of anilines is 1. The van der Waals surface area contributed by atoms with Gasteiger partial charge in [-0.15, -0.1) is 0 Å². The molecule has 0 spiro atoms. The molecule has 3 fully saturated rings. The molecule has 1 saturated heterocycles. The number of aromatic nitrogens is 2. The van der Waals surface area contributed by atoms with Crippen molar-refractivity contribution >= 4 is 52.6 Å². The van der Waals surface area contributed by atoms with Crippen LogP contribution >= 0.6 is 11.6 Å². The van der Waals surface area contributed by atoms with Crippen molar-refractivity contribution in [2.24, 2.45) is 23.0 Å². The number of benzene rings is 1. The predicted octanol–water partition coefficient (Wildman–Crippen LogP) is 2.79. The Balaban J connectivity index is 1.38. The Labute approximate surface area is 315 Å². The topological polar surface area (TPSA) is 197 Å². The van der Waals surface area contributed by atoms with E-state index in [2.05, 4.69) is 25.9 Å². The van der Waals surface area contributed by atoms with Crippen LogP contribution < -0.4 is 26.6 Å². The Morgan fingerprint density at radius 1 is 0.906 bits per heavy atom. The number of carbonyl (C=O) groups is 6. The summed E-state index contributed by atoms with van der Waals surface area (Å²) in [6.07, 6.45) is 11.7. The first-order chi connectivity index (χ1) is 25.2. The zero-order chi connectivity index (χ0) is 38.3. The van der Waals surface area contributed by atoms with Crippen LogP contribution in [0.15, 0.2) is 42.9 Å². The number of nitrogens with zero attached hydrogens (tertiary/aromatic N) is 4. The number of amides is 5. The molecule has 2 aromatic rings. The molecule has 3 aliphatic rings. The maximum Gasteiger partial charge on any atom is 0.287 e. The van der Waals surface area contributed by atoms with Crippen LogP contribution in [0, 0.1) is 17.3 Å². The van der Waals surface area contributed by atoms with E-state index in [9.17, 15) is 28.8 Å². The van der Waals surface area contributed by atoms with Crippen molar-refractivity contribution in [1.82, 2.24) is 30.8 Å². The van der Waals surface area contributed by atoms with E-state index in [-0.39, 0.29) is 43.1 Å². The summed E-state index contributed by atoms with van der Waals surface area (Å²) in [7, 11) is 0. The highest BCUT2D eigenvalue weighted by Gasteiger charge is 2.43. The highest BCUT2D eigenvalue weighted by atomic mass is 35.5. The van der Waals surface area contributed by atoms with Crippen LogP contribution in [0.3, 0.4) is 0 Å². The number of carbonyl (C=O) groups excluding carboxylic acids is 6. The zero-order valence-corrected chi connectivity index (χ0v) is 31.4. The number of hydrogen-bond donors (Lipinski definition) is 4. The van der Waals surface area contributed by atoms with Gasteiger partial charge in [0, 0.05) is 36.2 Å². The molecular formula is C38H51ClN8O6. The lowest BCUT2D eigenvalue weighted by atomic mass is 9.80. The molecule has 1 aromatic carbocycles. The lowest BCUT2D eigenvalue weighted by molar-refractivity contribution is -0.142. The fraction of sp³-hybridized carbons (Fsp3) is 0.579. The minimum atomic E-state index is -1.12. The molecule has 4 atom stereocenters. The molecule has 5 amide bonds. The highest BCUT2D eigenvalue weighted by Crippen LogP contribution is 2.32. The van der Waals surface area contributed by atoms with Crippen molar-refractivity contribution in [1.29, 1.82) is 0 Å². The zero-order valence-electron chi connectivity index (χ0n) is 30.7. The van der Waals surface area contributed by atoms with Crippen molar-refractivity contribution in [2.45, 2.75) is 103 Å². The Morgan fingerprint density at radius 2 is 1.60 bits per heavy atom. The fourth-order valence-corrected chi connectivity index (χ4v) is 7.57. The standard InChI is InChI=1S/C38H51ClN8O6/c1-38(2,3)32(45-36(52)30(24-10-5-4-6-11-24)44-34(50)28-21-41-16-17-42-28)37(53)46-18-19-47(26-14-12-25(39)13-15-26)29(22-46)35(51)43-27(31(48)33(40)49)20-23-8-7-9-23/h12-17,21,23-24,27,29-30,32H,4-11,18-20,22H2,1-3H3,(H2,40,49)(H,43,51)(H,44,50)(H,45,52)/t27?,29-,30-,32+/m0/s1. The highest BCUT2D eigenvalue weighted by molar-refractivity contribution is 6.37. The second-order valence-electron chi connectivity index (χ2n) is 15.5. The quantitative estimate of drug-likeness (QED) is 0.223. The first kappa shape index (κ1) is 39.6. The molecule has 1 aliphatic heterocycles. The van der Waals surface area contributed by atoms with Crippen LogP contribution in [-0.4, -0.2) is 94.0 Å². The van der Waals surface area contributed by atoms with Gasteiger partial charge >= 0.3 is 0 Å². The largest absolute Gasteiger partial charge is 0.363 e. The lowest BCUT2D eigenvalue weighted by Crippen LogP contribution is -2.66. The van der Waals surface area contributed by atoms with Gasteiger partial charge in [0.25, 0.3) is 11.8 Å². The average Bonchev–Trinajstić information content (AvgIpc) is 3.13. The third-order valence-corrected chi connectivity index (χ3v) is 11.0. The Bertz CT molecular complexity index is 1640. The summed E-state index contributed by atoms with van der Waals surface area (Å²) in [4.78, 5) is 92.3. The molecule has 1 aromatic heterocycles. The van der Waals surface area contributed by atoms with Crippen LogP contribution in [0.25, 0.3) is 0 Å². The van der Waals surface area contributed by atoms with E-state index in [1.54, 1.807) is 29.2 Å². The van der Waals surface area contributed by atoms with Gasteiger partial charge in [-0.05, 0) is 60.8 Å². The summed E-state index contributed by atoms with van der Waals surface area (Å²) < 4.78 is 0. The van der Waals surface area contributed by atoms with Gasteiger partial charge in [0.2, 0.25) is 23.5 Å². The maximum absolute atomic E-state index is 14.5. The number of rotatable bonds is 13. The Kier molecular flexibility index (Phi) is 13.1. The van der Waals surface area contributed by atoms with Crippen LogP contribution in [0.2, 0.25) is 5.02 Å². The molecule has 2 heterocycles. The monoisotopic (exact) mass is 750 g/mol. The SMILES string of the molecule is CC(C)(C)[C@H](NC(=O)[C@@H](NC(=O)c1cnccn1)C1CCCCC1)C(=O)N1CCN(c2ccc(Cl)cc2)[C@H](C(=O)NC(CC2CCC2)C(=O)C(N)=O)C1. The summed E-state index contributed by atoms with van der Waals surface area (Å²) in [6, 6.07) is 3.02. The summed E-state index contributed by atoms with van der Waals surface area (Å²) in [6.45, 7) is 5.96. The summed E-state index contributed by atoms with van der Waals surface area (Å²) in [5, 5.41) is 9.18. The van der Waals surface area contributed by atoms with E-state index in [1.165, 1.54) is 18.6 Å². The third-order valence-electron chi connectivity index (χ3n) is 10.7. The Hall–Kier alpha value is -4.59. The minimum Gasteiger partial charge on any atom is -0.363 e. The van der Waals surface area contributed by atoms with Gasteiger partial charge in [-0.3, -0.25) is 33.8 Å². The summed E-state index contributed by atoms with van der Waals surface area (Å²) >= 11 is 6.17. The van der Waals surface area contributed by atoms with Gasteiger partial charge in [0.05, 0.1) is 18.8 Å². The first-order valence-electron chi connectivity index (χ1n) is 18.5. The summed E-state index contributed by atoms with van der Waals surface area (Å²) in [5.74, 6) is -3.83. The smallest absolute Gasteiger partial charge is 0.287 e. The van der Waals surface area contributed by atoms with E-state index in [1.807, 2.05) is 25.7 Å². The van der Waals surface area contributed by atoms with Crippen LogP contribution in [-0.2, 0) is 24.0 Å². The molecule has 0 bridgehead atoms. The maximum atomic E-state index is 14.5. The van der Waals surface area contributed by atoms with Gasteiger partial charge < -0.3 is 31.5 Å². The molecule has 5 rings (SSSR count). The number of ketones is 1. The molecule has 0 radical (unpaired) electrons. The van der Waals surface area contributed by atoms with E-state index in [4.69, 9.17) is 17.3 Å². The van der Waals surface area contributed by atoms with Crippen molar-refractivity contribution in [3.05, 3.63) is 53.6 Å². The minimum absolute atomic E-state index is 0.0634. The molecule has 53 heavy (non-hydrogen) atoms. The molecule has 2 aliphatic carbocycles. The molecule has 2 saturated carbocycles. The molecule has 14 nitrogen and oxygen atoms in total.